The third-order valence-corrected chi connectivity index (χ3v) is 2.90. The number of aryl methyl sites for hydroxylation is 1. The Labute approximate surface area is 93.4 Å². The third-order valence-electron chi connectivity index (χ3n) is 1.75. The van der Waals surface area contributed by atoms with Gasteiger partial charge in [-0.1, -0.05) is 25.6 Å². The van der Waals surface area contributed by atoms with Gasteiger partial charge in [0.25, 0.3) is 0 Å². The van der Waals surface area contributed by atoms with Gasteiger partial charge in [-0.15, -0.1) is 5.10 Å². The van der Waals surface area contributed by atoms with Gasteiger partial charge in [0.1, 0.15) is 0 Å². The molecule has 1 unspecified atom stereocenters. The van der Waals surface area contributed by atoms with E-state index in [1.807, 2.05) is 13.8 Å². The molecule has 0 aliphatic rings. The zero-order chi connectivity index (χ0) is 11.3. The topological polar surface area (TPSA) is 75.9 Å². The number of hydrogen-bond acceptors (Lipinski definition) is 6. The van der Waals surface area contributed by atoms with Gasteiger partial charge in [-0.25, -0.2) is 4.68 Å². The minimum atomic E-state index is -0.380. The zero-order valence-electron chi connectivity index (χ0n) is 9.21. The van der Waals surface area contributed by atoms with E-state index in [1.165, 1.54) is 11.8 Å². The summed E-state index contributed by atoms with van der Waals surface area (Å²) in [5, 5.41) is 24.6. The summed E-state index contributed by atoms with van der Waals surface area (Å²) in [6, 6.07) is 0.390. The predicted molar refractivity (Wildman–Crippen MR) is 58.7 cm³/mol. The third kappa shape index (κ3) is 4.59. The first-order chi connectivity index (χ1) is 7.09. The van der Waals surface area contributed by atoms with E-state index in [-0.39, 0.29) is 6.10 Å². The smallest absolute Gasteiger partial charge is 0.209 e. The lowest BCUT2D eigenvalue weighted by atomic mass is 10.3. The maximum Gasteiger partial charge on any atom is 0.209 e. The van der Waals surface area contributed by atoms with Crippen LogP contribution in [0.1, 0.15) is 13.8 Å². The molecule has 2 N–H and O–H groups in total. The standard InChI is InChI=1S/C8H17N5OS/c1-6(2)9-4-7(14)5-15-8-10-11-12-13(8)3/h6-7,9,14H,4-5H2,1-3H3. The fourth-order valence-electron chi connectivity index (χ4n) is 0.945. The Morgan fingerprint density at radius 3 is 2.80 bits per heavy atom. The molecule has 0 spiro atoms. The molecule has 0 bridgehead atoms. The van der Waals surface area contributed by atoms with Gasteiger partial charge in [0, 0.05) is 25.4 Å². The highest BCUT2D eigenvalue weighted by Gasteiger charge is 2.08. The summed E-state index contributed by atoms with van der Waals surface area (Å²) in [6.45, 7) is 4.69. The average molecular weight is 231 g/mol. The van der Waals surface area contributed by atoms with Crippen molar-refractivity contribution in [3.8, 4) is 0 Å². The van der Waals surface area contributed by atoms with Gasteiger partial charge in [-0.2, -0.15) is 0 Å². The first kappa shape index (κ1) is 12.4. The number of aliphatic hydroxyl groups excluding tert-OH is 1. The number of nitrogens with one attached hydrogen (secondary N) is 1. The molecule has 0 fully saturated rings. The highest BCUT2D eigenvalue weighted by molar-refractivity contribution is 7.99. The van der Waals surface area contributed by atoms with Crippen molar-refractivity contribution in [3.05, 3.63) is 0 Å². The predicted octanol–water partition coefficient (Wildman–Crippen LogP) is -0.339. The molecular weight excluding hydrogens is 214 g/mol. The Morgan fingerprint density at radius 2 is 2.27 bits per heavy atom. The molecule has 1 aromatic rings. The second kappa shape index (κ2) is 6.04. The van der Waals surface area contributed by atoms with Crippen LogP contribution in [0.2, 0.25) is 0 Å². The van der Waals surface area contributed by atoms with Gasteiger partial charge in [0.15, 0.2) is 0 Å². The quantitative estimate of drug-likeness (QED) is 0.652. The average Bonchev–Trinajstić information content (AvgIpc) is 2.58. The van der Waals surface area contributed by atoms with E-state index in [2.05, 4.69) is 20.8 Å². The lowest BCUT2D eigenvalue weighted by Gasteiger charge is -2.12. The molecule has 1 atom stereocenters. The fourth-order valence-corrected chi connectivity index (χ4v) is 1.72. The van der Waals surface area contributed by atoms with Crippen LogP contribution >= 0.6 is 11.8 Å². The molecule has 1 heterocycles. The second-order valence-electron chi connectivity index (χ2n) is 3.61. The first-order valence-electron chi connectivity index (χ1n) is 4.86. The zero-order valence-corrected chi connectivity index (χ0v) is 10.0. The van der Waals surface area contributed by atoms with Gasteiger partial charge in [-0.05, 0) is 10.4 Å². The SMILES string of the molecule is CC(C)NCC(O)CSc1nnnn1C. The van der Waals surface area contributed by atoms with Crippen molar-refractivity contribution in [1.82, 2.24) is 25.5 Å². The molecule has 0 aliphatic carbocycles. The Balaban J connectivity index is 2.22. The first-order valence-corrected chi connectivity index (χ1v) is 5.84. The van der Waals surface area contributed by atoms with Crippen molar-refractivity contribution in [2.75, 3.05) is 12.3 Å². The summed E-state index contributed by atoms with van der Waals surface area (Å²) < 4.78 is 1.59. The maximum atomic E-state index is 9.63. The summed E-state index contributed by atoms with van der Waals surface area (Å²) in [6.07, 6.45) is -0.380. The summed E-state index contributed by atoms with van der Waals surface area (Å²) in [7, 11) is 1.78. The lowest BCUT2D eigenvalue weighted by molar-refractivity contribution is 0.192. The summed E-state index contributed by atoms with van der Waals surface area (Å²) in [5.74, 6) is 0.591. The van der Waals surface area contributed by atoms with Crippen molar-refractivity contribution >= 4 is 11.8 Å². The van der Waals surface area contributed by atoms with Gasteiger partial charge in [-0.3, -0.25) is 0 Å². The number of aliphatic hydroxyl groups is 1. The normalized spacial score (nSPS) is 13.4. The minimum Gasteiger partial charge on any atom is -0.391 e. The molecule has 15 heavy (non-hydrogen) atoms. The number of aromatic nitrogens is 4. The lowest BCUT2D eigenvalue weighted by Crippen LogP contribution is -2.33. The van der Waals surface area contributed by atoms with Gasteiger partial charge < -0.3 is 10.4 Å². The van der Waals surface area contributed by atoms with Gasteiger partial charge in [0.2, 0.25) is 5.16 Å². The molecule has 1 aromatic heterocycles. The highest BCUT2D eigenvalue weighted by atomic mass is 32.2. The van der Waals surface area contributed by atoms with Crippen LogP contribution in [0.3, 0.4) is 0 Å². The van der Waals surface area contributed by atoms with E-state index in [0.717, 1.165) is 5.16 Å². The van der Waals surface area contributed by atoms with Crippen molar-refractivity contribution in [2.24, 2.45) is 7.05 Å². The maximum absolute atomic E-state index is 9.63. The molecular formula is C8H17N5OS. The van der Waals surface area contributed by atoms with Crippen molar-refractivity contribution in [2.45, 2.75) is 31.1 Å². The Bertz CT molecular complexity index is 290. The minimum absolute atomic E-state index is 0.380. The van der Waals surface area contributed by atoms with Crippen LogP contribution in [0.15, 0.2) is 5.16 Å². The molecule has 0 saturated heterocycles. The van der Waals surface area contributed by atoms with E-state index in [4.69, 9.17) is 0 Å². The molecule has 6 nitrogen and oxygen atoms in total. The number of thioether (sulfide) groups is 1. The summed E-state index contributed by atoms with van der Waals surface area (Å²) in [4.78, 5) is 0. The molecule has 0 radical (unpaired) electrons. The van der Waals surface area contributed by atoms with Crippen LogP contribution < -0.4 is 5.32 Å². The van der Waals surface area contributed by atoms with Crippen LogP contribution in [0.5, 0.6) is 0 Å². The van der Waals surface area contributed by atoms with Crippen LogP contribution in [-0.2, 0) is 7.05 Å². The van der Waals surface area contributed by atoms with Crippen molar-refractivity contribution < 1.29 is 5.11 Å². The Hall–Kier alpha value is -0.660. The molecule has 1 rings (SSSR count). The second-order valence-corrected chi connectivity index (χ2v) is 4.60. The van der Waals surface area contributed by atoms with Gasteiger partial charge >= 0.3 is 0 Å². The van der Waals surface area contributed by atoms with E-state index < -0.39 is 0 Å². The van der Waals surface area contributed by atoms with E-state index in [9.17, 15) is 5.11 Å². The van der Waals surface area contributed by atoms with Crippen molar-refractivity contribution in [3.63, 3.8) is 0 Å². The molecule has 0 amide bonds. The molecule has 0 aliphatic heterocycles. The van der Waals surface area contributed by atoms with Crippen LogP contribution in [-0.4, -0.2) is 49.8 Å². The number of rotatable bonds is 6. The van der Waals surface area contributed by atoms with E-state index in [0.29, 0.717) is 18.3 Å². The van der Waals surface area contributed by atoms with Gasteiger partial charge in [0.05, 0.1) is 6.10 Å². The van der Waals surface area contributed by atoms with Crippen LogP contribution in [0.25, 0.3) is 0 Å². The van der Waals surface area contributed by atoms with Crippen molar-refractivity contribution in [1.29, 1.82) is 0 Å². The molecule has 0 aromatic carbocycles. The van der Waals surface area contributed by atoms with E-state index >= 15 is 0 Å². The molecule has 0 saturated carbocycles. The summed E-state index contributed by atoms with van der Waals surface area (Å²) >= 11 is 1.45. The Morgan fingerprint density at radius 1 is 1.53 bits per heavy atom. The number of tetrazole rings is 1. The van der Waals surface area contributed by atoms with Crippen LogP contribution in [0, 0.1) is 0 Å². The largest absolute Gasteiger partial charge is 0.391 e. The van der Waals surface area contributed by atoms with Crippen LogP contribution in [0.4, 0.5) is 0 Å². The fraction of sp³-hybridized carbons (Fsp3) is 0.875. The monoisotopic (exact) mass is 231 g/mol. The summed E-state index contributed by atoms with van der Waals surface area (Å²) in [5.41, 5.74) is 0. The Kier molecular flexibility index (Phi) is 5.00. The number of hydrogen-bond donors (Lipinski definition) is 2. The highest BCUT2D eigenvalue weighted by Crippen LogP contribution is 2.13. The molecule has 86 valence electrons. The molecule has 7 heteroatoms. The number of nitrogens with zero attached hydrogens (tertiary/aromatic N) is 4. The van der Waals surface area contributed by atoms with E-state index in [1.54, 1.807) is 11.7 Å².